The van der Waals surface area contributed by atoms with Crippen molar-refractivity contribution in [2.24, 2.45) is 0 Å². The molecule has 0 radical (unpaired) electrons. The number of rotatable bonds is 3. The van der Waals surface area contributed by atoms with E-state index in [9.17, 15) is 31.1 Å². The van der Waals surface area contributed by atoms with Gasteiger partial charge in [0.1, 0.15) is 0 Å². The van der Waals surface area contributed by atoms with Crippen molar-refractivity contribution < 1.29 is 31.1 Å². The van der Waals surface area contributed by atoms with E-state index in [1.54, 1.807) is 6.92 Å². The molecule has 1 aliphatic rings. The first kappa shape index (κ1) is 20.0. The lowest BCUT2D eigenvalue weighted by atomic mass is 10.1. The van der Waals surface area contributed by atoms with Crippen LogP contribution in [-0.2, 0) is 12.4 Å². The molecule has 0 aliphatic carbocycles. The van der Waals surface area contributed by atoms with Crippen molar-refractivity contribution in [2.45, 2.75) is 31.7 Å². The van der Waals surface area contributed by atoms with Gasteiger partial charge in [-0.25, -0.2) is 4.79 Å². The van der Waals surface area contributed by atoms with E-state index >= 15 is 0 Å². The highest BCUT2D eigenvalue weighted by molar-refractivity contribution is 6.06. The van der Waals surface area contributed by atoms with Gasteiger partial charge in [0.15, 0.2) is 0 Å². The predicted molar refractivity (Wildman–Crippen MR) is 92.2 cm³/mol. The van der Waals surface area contributed by atoms with Crippen molar-refractivity contribution in [3.05, 3.63) is 59.7 Å². The molecule has 0 bridgehead atoms. The lowest BCUT2D eigenvalue weighted by molar-refractivity contribution is -0.138. The maximum Gasteiger partial charge on any atom is 0.416 e. The molecular formula is C19H16F6N2O. The summed E-state index contributed by atoms with van der Waals surface area (Å²) in [5, 5.41) is 0. The molecule has 0 N–H and O–H groups in total. The van der Waals surface area contributed by atoms with Crippen LogP contribution in [0, 0.1) is 0 Å². The van der Waals surface area contributed by atoms with Crippen molar-refractivity contribution in [3.63, 3.8) is 0 Å². The minimum absolute atomic E-state index is 0.0488. The molecule has 1 fully saturated rings. The number of halogens is 6. The number of hydrogen-bond donors (Lipinski definition) is 0. The smallest absolute Gasteiger partial charge is 0.292 e. The van der Waals surface area contributed by atoms with Gasteiger partial charge in [-0.15, -0.1) is 0 Å². The SMILES string of the molecule is CCC1CN(c2cccc(C(F)(F)F)c2)C(=O)N1c1cccc(C(F)(F)F)c1. The topological polar surface area (TPSA) is 23.6 Å². The summed E-state index contributed by atoms with van der Waals surface area (Å²) >= 11 is 0. The van der Waals surface area contributed by atoms with Gasteiger partial charge in [0.2, 0.25) is 0 Å². The summed E-state index contributed by atoms with van der Waals surface area (Å²) in [4.78, 5) is 15.2. The zero-order valence-electron chi connectivity index (χ0n) is 14.7. The number of anilines is 2. The Balaban J connectivity index is 1.97. The van der Waals surface area contributed by atoms with Gasteiger partial charge in [-0.2, -0.15) is 26.3 Å². The zero-order chi connectivity index (χ0) is 20.7. The van der Waals surface area contributed by atoms with Crippen molar-refractivity contribution in [1.29, 1.82) is 0 Å². The van der Waals surface area contributed by atoms with Crippen LogP contribution >= 0.6 is 0 Å². The Morgan fingerprint density at radius 1 is 0.893 bits per heavy atom. The summed E-state index contributed by atoms with van der Waals surface area (Å²) in [6, 6.07) is 7.54. The third kappa shape index (κ3) is 3.79. The fourth-order valence-corrected chi connectivity index (χ4v) is 3.19. The molecule has 1 unspecified atom stereocenters. The van der Waals surface area contributed by atoms with Crippen LogP contribution < -0.4 is 9.80 Å². The third-order valence-electron chi connectivity index (χ3n) is 4.60. The maximum absolute atomic E-state index is 13.0. The summed E-state index contributed by atoms with van der Waals surface area (Å²) in [7, 11) is 0. The van der Waals surface area contributed by atoms with Gasteiger partial charge in [0.05, 0.1) is 17.2 Å². The van der Waals surface area contributed by atoms with E-state index in [0.29, 0.717) is 6.42 Å². The number of nitrogens with zero attached hydrogens (tertiary/aromatic N) is 2. The fraction of sp³-hybridized carbons (Fsp3) is 0.316. The molecule has 3 nitrogen and oxygen atoms in total. The molecule has 2 aromatic rings. The van der Waals surface area contributed by atoms with Gasteiger partial charge in [-0.05, 0) is 42.8 Å². The summed E-state index contributed by atoms with van der Waals surface area (Å²) in [5.41, 5.74) is -1.69. The Labute approximate surface area is 157 Å². The molecule has 3 rings (SSSR count). The zero-order valence-corrected chi connectivity index (χ0v) is 14.7. The summed E-state index contributed by atoms with van der Waals surface area (Å²) in [6.45, 7) is 1.83. The molecule has 1 atom stereocenters. The molecule has 1 heterocycles. The summed E-state index contributed by atoms with van der Waals surface area (Å²) in [5.74, 6) is 0. The van der Waals surface area contributed by atoms with Crippen molar-refractivity contribution in [2.75, 3.05) is 16.3 Å². The second kappa shape index (κ2) is 7.03. The molecule has 2 aromatic carbocycles. The number of urea groups is 1. The van der Waals surface area contributed by atoms with Crippen molar-refractivity contribution in [3.8, 4) is 0 Å². The molecule has 1 aliphatic heterocycles. The average Bonchev–Trinajstić information content (AvgIpc) is 2.97. The number of carbonyl (C=O) groups is 1. The highest BCUT2D eigenvalue weighted by Gasteiger charge is 2.40. The monoisotopic (exact) mass is 402 g/mol. The summed E-state index contributed by atoms with van der Waals surface area (Å²) in [6.07, 6.45) is -8.71. The van der Waals surface area contributed by atoms with E-state index in [-0.39, 0.29) is 17.9 Å². The van der Waals surface area contributed by atoms with Crippen LogP contribution in [0.4, 0.5) is 42.5 Å². The van der Waals surface area contributed by atoms with Crippen molar-refractivity contribution >= 4 is 17.4 Å². The van der Waals surface area contributed by atoms with Crippen LogP contribution in [0.5, 0.6) is 0 Å². The van der Waals surface area contributed by atoms with Gasteiger partial charge in [0, 0.05) is 17.9 Å². The Morgan fingerprint density at radius 2 is 1.39 bits per heavy atom. The number of benzene rings is 2. The molecule has 9 heteroatoms. The minimum Gasteiger partial charge on any atom is -0.292 e. The molecule has 150 valence electrons. The molecule has 1 saturated heterocycles. The van der Waals surface area contributed by atoms with E-state index in [0.717, 1.165) is 29.2 Å². The Hall–Kier alpha value is -2.71. The third-order valence-corrected chi connectivity index (χ3v) is 4.60. The molecule has 0 spiro atoms. The molecular weight excluding hydrogens is 386 g/mol. The van der Waals surface area contributed by atoms with Gasteiger partial charge in [-0.3, -0.25) is 9.80 Å². The van der Waals surface area contributed by atoms with Crippen LogP contribution in [0.15, 0.2) is 48.5 Å². The first-order valence-corrected chi connectivity index (χ1v) is 8.47. The largest absolute Gasteiger partial charge is 0.416 e. The van der Waals surface area contributed by atoms with E-state index in [1.807, 2.05) is 0 Å². The first-order chi connectivity index (χ1) is 13.0. The van der Waals surface area contributed by atoms with Gasteiger partial charge < -0.3 is 0 Å². The van der Waals surface area contributed by atoms with Crippen LogP contribution in [0.2, 0.25) is 0 Å². The number of amides is 2. The average molecular weight is 402 g/mol. The second-order valence-corrected chi connectivity index (χ2v) is 6.42. The van der Waals surface area contributed by atoms with Crippen LogP contribution in [0.25, 0.3) is 0 Å². The van der Waals surface area contributed by atoms with Gasteiger partial charge in [0.25, 0.3) is 0 Å². The number of alkyl halides is 6. The Morgan fingerprint density at radius 3 is 1.89 bits per heavy atom. The van der Waals surface area contributed by atoms with E-state index in [2.05, 4.69) is 0 Å². The van der Waals surface area contributed by atoms with Gasteiger partial charge in [-0.1, -0.05) is 19.1 Å². The summed E-state index contributed by atoms with van der Waals surface area (Å²) < 4.78 is 77.9. The molecule has 0 saturated carbocycles. The standard InChI is InChI=1S/C19H16F6N2O/c1-2-14-11-26(15-7-3-5-12(9-15)18(20,21)22)17(28)27(14)16-8-4-6-13(10-16)19(23,24)25/h3-10,14H,2,11H2,1H3. The first-order valence-electron chi connectivity index (χ1n) is 8.47. The van der Waals surface area contributed by atoms with Crippen LogP contribution in [0.3, 0.4) is 0 Å². The predicted octanol–water partition coefficient (Wildman–Crippen LogP) is 5.95. The lowest BCUT2D eigenvalue weighted by Gasteiger charge is -2.23. The van der Waals surface area contributed by atoms with Crippen molar-refractivity contribution in [1.82, 2.24) is 0 Å². The van der Waals surface area contributed by atoms with E-state index in [1.165, 1.54) is 29.2 Å². The number of carbonyl (C=O) groups excluding carboxylic acids is 1. The second-order valence-electron chi connectivity index (χ2n) is 6.42. The van der Waals surface area contributed by atoms with E-state index in [4.69, 9.17) is 0 Å². The number of hydrogen-bond acceptors (Lipinski definition) is 1. The van der Waals surface area contributed by atoms with Crippen LogP contribution in [-0.4, -0.2) is 18.6 Å². The Bertz CT molecular complexity index is 877. The maximum atomic E-state index is 13.0. The Kier molecular flexibility index (Phi) is 5.03. The van der Waals surface area contributed by atoms with Crippen LogP contribution in [0.1, 0.15) is 24.5 Å². The highest BCUT2D eigenvalue weighted by Crippen LogP contribution is 2.37. The minimum atomic E-state index is -4.57. The highest BCUT2D eigenvalue weighted by atomic mass is 19.4. The lowest BCUT2D eigenvalue weighted by Crippen LogP contribution is -2.35. The molecule has 28 heavy (non-hydrogen) atoms. The van der Waals surface area contributed by atoms with Gasteiger partial charge >= 0.3 is 18.4 Å². The fourth-order valence-electron chi connectivity index (χ4n) is 3.19. The van der Waals surface area contributed by atoms with E-state index < -0.39 is 35.6 Å². The normalized spacial score (nSPS) is 18.1. The molecule has 2 amide bonds. The molecule has 0 aromatic heterocycles. The quantitative estimate of drug-likeness (QED) is 0.582.